The van der Waals surface area contributed by atoms with Gasteiger partial charge in [-0.05, 0) is 6.42 Å². The molecule has 0 aromatic rings. The van der Waals surface area contributed by atoms with Gasteiger partial charge in [0.05, 0.1) is 5.71 Å². The van der Waals surface area contributed by atoms with Gasteiger partial charge < -0.3 is 0 Å². The summed E-state index contributed by atoms with van der Waals surface area (Å²) in [7, 11) is 3.53. The average Bonchev–Trinajstić information content (AvgIpc) is 1.83. The first-order chi connectivity index (χ1) is 3.85. The van der Waals surface area contributed by atoms with E-state index in [-0.39, 0.29) is 0 Å². The van der Waals surface area contributed by atoms with Gasteiger partial charge in [0.2, 0.25) is 0 Å². The van der Waals surface area contributed by atoms with Crippen LogP contribution in [0.25, 0.3) is 0 Å². The summed E-state index contributed by atoms with van der Waals surface area (Å²) in [4.78, 5) is 7.79. The van der Waals surface area contributed by atoms with E-state index < -0.39 is 0 Å². The van der Waals surface area contributed by atoms with Gasteiger partial charge >= 0.3 is 0 Å². The number of hydrogen-bond donors (Lipinski definition) is 0. The monoisotopic (exact) mass is 112 g/mol. The molecule has 8 heavy (non-hydrogen) atoms. The summed E-state index contributed by atoms with van der Waals surface area (Å²) in [5, 5.41) is 0. The van der Waals surface area contributed by atoms with Gasteiger partial charge in [0, 0.05) is 20.3 Å². The van der Waals surface area contributed by atoms with Crippen LogP contribution >= 0.6 is 0 Å². The summed E-state index contributed by atoms with van der Waals surface area (Å²) in [5.74, 6) is 0. The molecule has 0 saturated carbocycles. The molecule has 0 rings (SSSR count). The van der Waals surface area contributed by atoms with Crippen molar-refractivity contribution >= 4 is 11.9 Å². The Balaban J connectivity index is 3.72. The molecule has 2 nitrogen and oxygen atoms in total. The normalized spacial score (nSPS) is 13.1. The molecule has 0 aliphatic rings. The highest BCUT2D eigenvalue weighted by Crippen LogP contribution is 1.78. The Kier molecular flexibility index (Phi) is 4.13. The van der Waals surface area contributed by atoms with Gasteiger partial charge in [-0.3, -0.25) is 9.98 Å². The molecule has 0 aliphatic carbocycles. The molecule has 0 N–H and O–H groups in total. The second kappa shape index (κ2) is 4.50. The van der Waals surface area contributed by atoms with Crippen molar-refractivity contribution in [2.75, 3.05) is 14.1 Å². The highest BCUT2D eigenvalue weighted by molar-refractivity contribution is 6.30. The van der Waals surface area contributed by atoms with Gasteiger partial charge in [0.1, 0.15) is 0 Å². The molecule has 0 aromatic carbocycles. The minimum Gasteiger partial charge on any atom is -0.295 e. The molecular weight excluding hydrogens is 100 g/mol. The number of nitrogens with zero attached hydrogens (tertiary/aromatic N) is 2. The fraction of sp³-hybridized carbons (Fsp3) is 0.667. The second-order valence-corrected chi connectivity index (χ2v) is 1.46. The Morgan fingerprint density at radius 2 is 2.12 bits per heavy atom. The van der Waals surface area contributed by atoms with Crippen LogP contribution in [0.3, 0.4) is 0 Å². The van der Waals surface area contributed by atoms with Crippen molar-refractivity contribution in [2.24, 2.45) is 9.98 Å². The minimum absolute atomic E-state index is 0.966. The molecule has 0 aromatic heterocycles. The van der Waals surface area contributed by atoms with Crippen molar-refractivity contribution in [3.8, 4) is 0 Å². The smallest absolute Gasteiger partial charge is 0.0519 e. The van der Waals surface area contributed by atoms with Crippen molar-refractivity contribution in [1.29, 1.82) is 0 Å². The summed E-state index contributed by atoms with van der Waals surface area (Å²) in [5.41, 5.74) is 1.05. The number of hydrogen-bond acceptors (Lipinski definition) is 2. The molecule has 46 valence electrons. The SMILES string of the molecule is CCC(/C=N/C)=N\C. The van der Waals surface area contributed by atoms with Crippen LogP contribution in [-0.4, -0.2) is 26.0 Å². The van der Waals surface area contributed by atoms with E-state index in [0.29, 0.717) is 0 Å². The molecule has 0 unspecified atom stereocenters. The first-order valence-electron chi connectivity index (χ1n) is 2.73. The van der Waals surface area contributed by atoms with Gasteiger partial charge in [-0.1, -0.05) is 6.92 Å². The Morgan fingerprint density at radius 1 is 1.50 bits per heavy atom. The zero-order chi connectivity index (χ0) is 6.41. The van der Waals surface area contributed by atoms with Crippen molar-refractivity contribution in [2.45, 2.75) is 13.3 Å². The van der Waals surface area contributed by atoms with E-state index >= 15 is 0 Å². The molecule has 0 bridgehead atoms. The lowest BCUT2D eigenvalue weighted by Crippen LogP contribution is -1.95. The molecule has 2 heteroatoms. The zero-order valence-electron chi connectivity index (χ0n) is 5.68. The van der Waals surface area contributed by atoms with Crippen molar-refractivity contribution in [3.63, 3.8) is 0 Å². The average molecular weight is 112 g/mol. The third-order valence-electron chi connectivity index (χ3n) is 0.928. The third-order valence-corrected chi connectivity index (χ3v) is 0.928. The van der Waals surface area contributed by atoms with E-state index in [9.17, 15) is 0 Å². The maximum atomic E-state index is 3.96. The molecule has 0 radical (unpaired) electrons. The topological polar surface area (TPSA) is 24.7 Å². The first-order valence-corrected chi connectivity index (χ1v) is 2.73. The van der Waals surface area contributed by atoms with E-state index in [0.717, 1.165) is 12.1 Å². The predicted molar refractivity (Wildman–Crippen MR) is 38.1 cm³/mol. The lowest BCUT2D eigenvalue weighted by Gasteiger charge is -1.87. The number of rotatable bonds is 2. The lowest BCUT2D eigenvalue weighted by atomic mass is 10.3. The summed E-state index contributed by atoms with van der Waals surface area (Å²) >= 11 is 0. The maximum Gasteiger partial charge on any atom is 0.0519 e. The van der Waals surface area contributed by atoms with Crippen LogP contribution in [0.15, 0.2) is 9.98 Å². The van der Waals surface area contributed by atoms with Gasteiger partial charge in [0.25, 0.3) is 0 Å². The summed E-state index contributed by atoms with van der Waals surface area (Å²) in [6, 6.07) is 0. The van der Waals surface area contributed by atoms with Gasteiger partial charge in [-0.2, -0.15) is 0 Å². The van der Waals surface area contributed by atoms with Crippen LogP contribution in [0, 0.1) is 0 Å². The van der Waals surface area contributed by atoms with Crippen LogP contribution in [0.5, 0.6) is 0 Å². The molecule has 0 spiro atoms. The lowest BCUT2D eigenvalue weighted by molar-refractivity contribution is 1.27. The number of aliphatic imine (C=N–C) groups is 2. The molecule has 0 saturated heterocycles. The van der Waals surface area contributed by atoms with Gasteiger partial charge in [-0.15, -0.1) is 0 Å². The van der Waals surface area contributed by atoms with E-state index in [4.69, 9.17) is 0 Å². The van der Waals surface area contributed by atoms with E-state index in [1.807, 2.05) is 0 Å². The summed E-state index contributed by atoms with van der Waals surface area (Å²) in [6.07, 6.45) is 2.74. The molecular formula is C6H12N2. The predicted octanol–water partition coefficient (Wildman–Crippen LogP) is 1.17. The molecule has 0 amide bonds. The quantitative estimate of drug-likeness (QED) is 0.479. The van der Waals surface area contributed by atoms with Crippen LogP contribution in [0.4, 0.5) is 0 Å². The highest BCUT2D eigenvalue weighted by Gasteiger charge is 1.83. The Morgan fingerprint density at radius 3 is 2.25 bits per heavy atom. The van der Waals surface area contributed by atoms with Crippen molar-refractivity contribution in [1.82, 2.24) is 0 Å². The van der Waals surface area contributed by atoms with Gasteiger partial charge in [0.15, 0.2) is 0 Å². The molecule has 0 atom stereocenters. The minimum atomic E-state index is 0.966. The third kappa shape index (κ3) is 2.50. The molecule has 0 fully saturated rings. The van der Waals surface area contributed by atoms with Crippen LogP contribution < -0.4 is 0 Å². The maximum absolute atomic E-state index is 3.96. The van der Waals surface area contributed by atoms with Crippen LogP contribution in [0.2, 0.25) is 0 Å². The first kappa shape index (κ1) is 7.34. The summed E-state index contributed by atoms with van der Waals surface area (Å²) in [6.45, 7) is 2.06. The second-order valence-electron chi connectivity index (χ2n) is 1.46. The molecule has 0 aliphatic heterocycles. The standard InChI is InChI=1S/C6H12N2/c1-4-6(8-3)5-7-2/h5H,4H2,1-3H3/b7-5+,8-6+. The van der Waals surface area contributed by atoms with Gasteiger partial charge in [-0.25, -0.2) is 0 Å². The Labute approximate surface area is 50.4 Å². The summed E-state index contributed by atoms with van der Waals surface area (Å²) < 4.78 is 0. The largest absolute Gasteiger partial charge is 0.295 e. The Hall–Kier alpha value is -0.660. The Bertz CT molecular complexity index is 100. The van der Waals surface area contributed by atoms with E-state index in [1.54, 1.807) is 20.3 Å². The highest BCUT2D eigenvalue weighted by atomic mass is 14.7. The van der Waals surface area contributed by atoms with Crippen LogP contribution in [-0.2, 0) is 0 Å². The zero-order valence-corrected chi connectivity index (χ0v) is 5.68. The fourth-order valence-corrected chi connectivity index (χ4v) is 0.456. The van der Waals surface area contributed by atoms with E-state index in [1.165, 1.54) is 0 Å². The fourth-order valence-electron chi connectivity index (χ4n) is 0.456. The van der Waals surface area contributed by atoms with Crippen LogP contribution in [0.1, 0.15) is 13.3 Å². The van der Waals surface area contributed by atoms with Crippen molar-refractivity contribution in [3.05, 3.63) is 0 Å². The van der Waals surface area contributed by atoms with Crippen molar-refractivity contribution < 1.29 is 0 Å². The van der Waals surface area contributed by atoms with E-state index in [2.05, 4.69) is 16.9 Å². The molecule has 0 heterocycles.